The molecule has 0 unspecified atom stereocenters. The minimum absolute atomic E-state index is 0.196. The number of aliphatic hydroxyl groups is 1. The van der Waals surface area contributed by atoms with E-state index >= 15 is 0 Å². The van der Waals surface area contributed by atoms with Crippen LogP contribution in [0, 0.1) is 10.8 Å². The number of rotatable bonds is 1. The standard InChI is InChI=1S/C11H20O/c1-10(2)7-9(5-6-12)8-11(10,3)4/h5,12H,6-8H2,1-4H3. The molecular formula is C11H20O. The first-order valence-electron chi connectivity index (χ1n) is 4.68. The summed E-state index contributed by atoms with van der Waals surface area (Å²) in [5.41, 5.74) is 2.19. The normalized spacial score (nSPS) is 25.9. The Hall–Kier alpha value is -0.300. The van der Waals surface area contributed by atoms with Crippen LogP contribution in [0.5, 0.6) is 0 Å². The van der Waals surface area contributed by atoms with Gasteiger partial charge in [0.15, 0.2) is 0 Å². The maximum atomic E-state index is 8.79. The van der Waals surface area contributed by atoms with Gasteiger partial charge in [0.1, 0.15) is 0 Å². The van der Waals surface area contributed by atoms with Gasteiger partial charge >= 0.3 is 0 Å². The highest BCUT2D eigenvalue weighted by molar-refractivity contribution is 5.17. The Labute approximate surface area is 75.5 Å². The molecule has 1 nitrogen and oxygen atoms in total. The van der Waals surface area contributed by atoms with Crippen LogP contribution in [0.1, 0.15) is 40.5 Å². The molecule has 0 radical (unpaired) electrons. The van der Waals surface area contributed by atoms with Crippen molar-refractivity contribution in [3.8, 4) is 0 Å². The molecule has 1 saturated carbocycles. The quantitative estimate of drug-likeness (QED) is 0.597. The highest BCUT2D eigenvalue weighted by Crippen LogP contribution is 2.54. The van der Waals surface area contributed by atoms with Crippen LogP contribution in [0.4, 0.5) is 0 Å². The van der Waals surface area contributed by atoms with E-state index in [-0.39, 0.29) is 6.61 Å². The van der Waals surface area contributed by atoms with Gasteiger partial charge in [-0.2, -0.15) is 0 Å². The van der Waals surface area contributed by atoms with Gasteiger partial charge in [0.25, 0.3) is 0 Å². The second-order valence-electron chi connectivity index (χ2n) is 5.17. The molecule has 0 aromatic rings. The van der Waals surface area contributed by atoms with Gasteiger partial charge in [0, 0.05) is 0 Å². The van der Waals surface area contributed by atoms with Crippen molar-refractivity contribution < 1.29 is 5.11 Å². The number of allylic oxidation sites excluding steroid dienone is 1. The molecule has 1 rings (SSSR count). The van der Waals surface area contributed by atoms with Gasteiger partial charge in [0.2, 0.25) is 0 Å². The molecule has 1 aliphatic rings. The molecule has 0 atom stereocenters. The van der Waals surface area contributed by atoms with Crippen molar-refractivity contribution in [2.24, 2.45) is 10.8 Å². The summed E-state index contributed by atoms with van der Waals surface area (Å²) in [7, 11) is 0. The first kappa shape index (κ1) is 9.79. The van der Waals surface area contributed by atoms with Gasteiger partial charge < -0.3 is 5.11 Å². The van der Waals surface area contributed by atoms with E-state index in [1.807, 2.05) is 6.08 Å². The Morgan fingerprint density at radius 3 is 1.92 bits per heavy atom. The van der Waals surface area contributed by atoms with Gasteiger partial charge in [-0.3, -0.25) is 0 Å². The Balaban J connectivity index is 2.81. The molecular weight excluding hydrogens is 148 g/mol. The zero-order valence-electron chi connectivity index (χ0n) is 8.65. The first-order chi connectivity index (χ1) is 5.39. The molecule has 1 heteroatoms. The van der Waals surface area contributed by atoms with E-state index in [0.29, 0.717) is 10.8 Å². The molecule has 0 bridgehead atoms. The predicted octanol–water partition coefficient (Wildman–Crippen LogP) is 2.75. The van der Waals surface area contributed by atoms with E-state index in [2.05, 4.69) is 27.7 Å². The van der Waals surface area contributed by atoms with Crippen LogP contribution in [0.15, 0.2) is 11.6 Å². The molecule has 1 aliphatic carbocycles. The molecule has 0 aliphatic heterocycles. The molecule has 70 valence electrons. The van der Waals surface area contributed by atoms with Crippen LogP contribution in [0.2, 0.25) is 0 Å². The third-order valence-electron chi connectivity index (χ3n) is 3.55. The largest absolute Gasteiger partial charge is 0.392 e. The average molecular weight is 168 g/mol. The lowest BCUT2D eigenvalue weighted by Crippen LogP contribution is -2.25. The zero-order valence-corrected chi connectivity index (χ0v) is 8.65. The Kier molecular flexibility index (Phi) is 2.35. The molecule has 1 N–H and O–H groups in total. The minimum Gasteiger partial charge on any atom is -0.392 e. The summed E-state index contributed by atoms with van der Waals surface area (Å²) in [5, 5.41) is 8.79. The topological polar surface area (TPSA) is 20.2 Å². The van der Waals surface area contributed by atoms with Crippen molar-refractivity contribution in [1.29, 1.82) is 0 Å². The fraction of sp³-hybridized carbons (Fsp3) is 0.818. The van der Waals surface area contributed by atoms with Gasteiger partial charge in [-0.15, -0.1) is 0 Å². The maximum Gasteiger partial charge on any atom is 0.0615 e. The van der Waals surface area contributed by atoms with E-state index in [9.17, 15) is 0 Å². The van der Waals surface area contributed by atoms with Crippen LogP contribution in [-0.4, -0.2) is 11.7 Å². The van der Waals surface area contributed by atoms with E-state index < -0.39 is 0 Å². The molecule has 0 aromatic carbocycles. The number of hydrogen-bond acceptors (Lipinski definition) is 1. The molecule has 0 heterocycles. The summed E-state index contributed by atoms with van der Waals surface area (Å²) in [6, 6.07) is 0. The summed E-state index contributed by atoms with van der Waals surface area (Å²) in [6.45, 7) is 9.44. The Morgan fingerprint density at radius 1 is 1.17 bits per heavy atom. The molecule has 0 aromatic heterocycles. The Morgan fingerprint density at radius 2 is 1.58 bits per heavy atom. The summed E-state index contributed by atoms with van der Waals surface area (Å²) < 4.78 is 0. The summed E-state index contributed by atoms with van der Waals surface area (Å²) in [6.07, 6.45) is 4.25. The lowest BCUT2D eigenvalue weighted by atomic mass is 9.71. The monoisotopic (exact) mass is 168 g/mol. The van der Waals surface area contributed by atoms with E-state index in [4.69, 9.17) is 5.11 Å². The summed E-state index contributed by atoms with van der Waals surface area (Å²) >= 11 is 0. The van der Waals surface area contributed by atoms with Crippen LogP contribution in [-0.2, 0) is 0 Å². The average Bonchev–Trinajstić information content (AvgIpc) is 2.02. The zero-order chi connectivity index (χ0) is 9.41. The minimum atomic E-state index is 0.196. The van der Waals surface area contributed by atoms with Crippen molar-refractivity contribution >= 4 is 0 Å². The van der Waals surface area contributed by atoms with Crippen molar-refractivity contribution in [3.63, 3.8) is 0 Å². The van der Waals surface area contributed by atoms with Gasteiger partial charge in [-0.05, 0) is 23.7 Å². The third kappa shape index (κ3) is 1.56. The second-order valence-corrected chi connectivity index (χ2v) is 5.17. The van der Waals surface area contributed by atoms with Gasteiger partial charge in [-0.1, -0.05) is 39.3 Å². The predicted molar refractivity (Wildman–Crippen MR) is 52.0 cm³/mol. The third-order valence-corrected chi connectivity index (χ3v) is 3.55. The van der Waals surface area contributed by atoms with Crippen LogP contribution < -0.4 is 0 Å². The summed E-state index contributed by atoms with van der Waals surface area (Å²) in [5.74, 6) is 0. The van der Waals surface area contributed by atoms with E-state index in [1.165, 1.54) is 5.57 Å². The SMILES string of the molecule is CC1(C)CC(=CCO)CC1(C)C. The fourth-order valence-electron chi connectivity index (χ4n) is 1.95. The molecule has 0 amide bonds. The smallest absolute Gasteiger partial charge is 0.0615 e. The van der Waals surface area contributed by atoms with Crippen LogP contribution in [0.3, 0.4) is 0 Å². The van der Waals surface area contributed by atoms with Crippen LogP contribution in [0.25, 0.3) is 0 Å². The molecule has 0 spiro atoms. The molecule has 0 saturated heterocycles. The lowest BCUT2D eigenvalue weighted by Gasteiger charge is -2.34. The fourth-order valence-corrected chi connectivity index (χ4v) is 1.95. The van der Waals surface area contributed by atoms with Gasteiger partial charge in [0.05, 0.1) is 6.61 Å². The van der Waals surface area contributed by atoms with Crippen molar-refractivity contribution in [2.45, 2.75) is 40.5 Å². The maximum absolute atomic E-state index is 8.79. The Bertz CT molecular complexity index is 181. The van der Waals surface area contributed by atoms with Crippen molar-refractivity contribution in [3.05, 3.63) is 11.6 Å². The second kappa shape index (κ2) is 2.88. The lowest BCUT2D eigenvalue weighted by molar-refractivity contribution is 0.157. The van der Waals surface area contributed by atoms with Crippen molar-refractivity contribution in [2.75, 3.05) is 6.61 Å². The van der Waals surface area contributed by atoms with Crippen molar-refractivity contribution in [1.82, 2.24) is 0 Å². The summed E-state index contributed by atoms with van der Waals surface area (Å²) in [4.78, 5) is 0. The van der Waals surface area contributed by atoms with Gasteiger partial charge in [-0.25, -0.2) is 0 Å². The molecule has 1 fully saturated rings. The highest BCUT2D eigenvalue weighted by atomic mass is 16.2. The number of hydrogen-bond donors (Lipinski definition) is 1. The van der Waals surface area contributed by atoms with E-state index in [0.717, 1.165) is 12.8 Å². The highest BCUT2D eigenvalue weighted by Gasteiger charge is 2.43. The number of aliphatic hydroxyl groups excluding tert-OH is 1. The van der Waals surface area contributed by atoms with E-state index in [1.54, 1.807) is 0 Å². The van der Waals surface area contributed by atoms with Crippen LogP contribution >= 0.6 is 0 Å². The molecule has 12 heavy (non-hydrogen) atoms. The first-order valence-corrected chi connectivity index (χ1v) is 4.68.